The van der Waals surface area contributed by atoms with Gasteiger partial charge in [-0.2, -0.15) is 0 Å². The predicted molar refractivity (Wildman–Crippen MR) is 75.7 cm³/mol. The summed E-state index contributed by atoms with van der Waals surface area (Å²) in [5.74, 6) is 1.34. The van der Waals surface area contributed by atoms with Crippen LogP contribution in [0.3, 0.4) is 0 Å². The third kappa shape index (κ3) is 3.73. The Labute approximate surface area is 117 Å². The molecule has 0 saturated carbocycles. The van der Waals surface area contributed by atoms with Crippen LogP contribution in [0, 0.1) is 0 Å². The van der Waals surface area contributed by atoms with Crippen molar-refractivity contribution in [3.05, 3.63) is 22.2 Å². The molecule has 4 heteroatoms. The zero-order chi connectivity index (χ0) is 13.5. The second-order valence-corrected chi connectivity index (χ2v) is 4.92. The van der Waals surface area contributed by atoms with E-state index in [4.69, 9.17) is 9.47 Å². The average Bonchev–Trinajstić information content (AvgIpc) is 2.38. The summed E-state index contributed by atoms with van der Waals surface area (Å²) in [4.78, 5) is 12.1. The highest BCUT2D eigenvalue weighted by Gasteiger charge is 2.15. The van der Waals surface area contributed by atoms with Gasteiger partial charge in [0.2, 0.25) is 0 Å². The van der Waals surface area contributed by atoms with E-state index in [1.807, 2.05) is 0 Å². The minimum atomic E-state index is 0.135. The molecule has 1 aromatic carbocycles. The third-order valence-corrected chi connectivity index (χ3v) is 3.44. The van der Waals surface area contributed by atoms with Crippen LogP contribution < -0.4 is 9.47 Å². The van der Waals surface area contributed by atoms with Gasteiger partial charge in [-0.15, -0.1) is 0 Å². The molecule has 0 unspecified atom stereocenters. The van der Waals surface area contributed by atoms with Crippen LogP contribution in [0.15, 0.2) is 16.6 Å². The van der Waals surface area contributed by atoms with E-state index in [1.165, 1.54) is 0 Å². The Hall–Kier alpha value is -1.03. The van der Waals surface area contributed by atoms with Gasteiger partial charge in [-0.25, -0.2) is 0 Å². The SMILES string of the molecule is CCCCCC(=O)c1cc(OC)c(OC)cc1Br. The molecule has 0 bridgehead atoms. The largest absolute Gasteiger partial charge is 0.493 e. The van der Waals surface area contributed by atoms with E-state index in [0.29, 0.717) is 23.5 Å². The fourth-order valence-electron chi connectivity index (χ4n) is 1.74. The summed E-state index contributed by atoms with van der Waals surface area (Å²) in [6.07, 6.45) is 3.69. The molecular weight excluding hydrogens is 296 g/mol. The number of hydrogen-bond acceptors (Lipinski definition) is 3. The van der Waals surface area contributed by atoms with Crippen molar-refractivity contribution in [3.8, 4) is 11.5 Å². The van der Waals surface area contributed by atoms with Gasteiger partial charge in [0.15, 0.2) is 17.3 Å². The maximum atomic E-state index is 12.1. The Morgan fingerprint density at radius 3 is 2.33 bits per heavy atom. The fraction of sp³-hybridized carbons (Fsp3) is 0.500. The maximum absolute atomic E-state index is 12.1. The topological polar surface area (TPSA) is 35.5 Å². The van der Waals surface area contributed by atoms with Gasteiger partial charge in [0.05, 0.1) is 14.2 Å². The number of hydrogen-bond donors (Lipinski definition) is 0. The van der Waals surface area contributed by atoms with Crippen molar-refractivity contribution in [3.63, 3.8) is 0 Å². The molecule has 0 aliphatic heterocycles. The zero-order valence-corrected chi connectivity index (χ0v) is 12.7. The first-order valence-corrected chi connectivity index (χ1v) is 6.88. The number of unbranched alkanes of at least 4 members (excludes halogenated alkanes) is 2. The molecule has 1 aromatic rings. The molecule has 0 N–H and O–H groups in total. The number of carbonyl (C=O) groups is 1. The Morgan fingerprint density at radius 2 is 1.78 bits per heavy atom. The number of benzene rings is 1. The highest BCUT2D eigenvalue weighted by Crippen LogP contribution is 2.34. The lowest BCUT2D eigenvalue weighted by molar-refractivity contribution is 0.0978. The molecular formula is C14H19BrO3. The van der Waals surface area contributed by atoms with E-state index in [2.05, 4.69) is 22.9 Å². The van der Waals surface area contributed by atoms with Crippen molar-refractivity contribution < 1.29 is 14.3 Å². The second-order valence-electron chi connectivity index (χ2n) is 4.07. The van der Waals surface area contributed by atoms with Gasteiger partial charge in [-0.05, 0) is 34.5 Å². The van der Waals surface area contributed by atoms with E-state index < -0.39 is 0 Å². The van der Waals surface area contributed by atoms with E-state index >= 15 is 0 Å². The van der Waals surface area contributed by atoms with E-state index in [9.17, 15) is 4.79 Å². The summed E-state index contributed by atoms with van der Waals surface area (Å²) in [5.41, 5.74) is 0.656. The van der Waals surface area contributed by atoms with Crippen LogP contribution in [0.25, 0.3) is 0 Å². The van der Waals surface area contributed by atoms with Crippen LogP contribution in [0.5, 0.6) is 11.5 Å². The minimum Gasteiger partial charge on any atom is -0.493 e. The first kappa shape index (κ1) is 15.0. The van der Waals surface area contributed by atoms with Gasteiger partial charge in [0.1, 0.15) is 0 Å². The molecule has 0 atom stereocenters. The van der Waals surface area contributed by atoms with Crippen molar-refractivity contribution in [2.24, 2.45) is 0 Å². The summed E-state index contributed by atoms with van der Waals surface area (Å²) in [6, 6.07) is 3.50. The third-order valence-electron chi connectivity index (χ3n) is 2.78. The second kappa shape index (κ2) is 7.41. The number of methoxy groups -OCH3 is 2. The quantitative estimate of drug-likeness (QED) is 0.558. The molecule has 18 heavy (non-hydrogen) atoms. The van der Waals surface area contributed by atoms with Gasteiger partial charge in [-0.1, -0.05) is 19.8 Å². The molecule has 0 amide bonds. The molecule has 0 aliphatic carbocycles. The van der Waals surface area contributed by atoms with Gasteiger partial charge in [0.25, 0.3) is 0 Å². The van der Waals surface area contributed by atoms with Gasteiger partial charge in [0, 0.05) is 16.5 Å². The first-order chi connectivity index (χ1) is 8.63. The highest BCUT2D eigenvalue weighted by atomic mass is 79.9. The molecule has 0 fully saturated rings. The zero-order valence-electron chi connectivity index (χ0n) is 11.1. The lowest BCUT2D eigenvalue weighted by atomic mass is 10.0. The summed E-state index contributed by atoms with van der Waals surface area (Å²) >= 11 is 3.40. The number of ether oxygens (including phenoxy) is 2. The van der Waals surface area contributed by atoms with Crippen molar-refractivity contribution in [1.29, 1.82) is 0 Å². The van der Waals surface area contributed by atoms with Crippen LogP contribution in [-0.4, -0.2) is 20.0 Å². The number of carbonyl (C=O) groups excluding carboxylic acids is 1. The molecule has 0 radical (unpaired) electrons. The summed E-state index contributed by atoms with van der Waals surface area (Å²) < 4.78 is 11.1. The molecule has 0 aromatic heterocycles. The lowest BCUT2D eigenvalue weighted by Gasteiger charge is -2.11. The van der Waals surface area contributed by atoms with Gasteiger partial charge < -0.3 is 9.47 Å². The van der Waals surface area contributed by atoms with E-state index in [0.717, 1.165) is 23.7 Å². The minimum absolute atomic E-state index is 0.135. The maximum Gasteiger partial charge on any atom is 0.164 e. The highest BCUT2D eigenvalue weighted by molar-refractivity contribution is 9.10. The number of halogens is 1. The Bertz CT molecular complexity index is 416. The summed E-state index contributed by atoms with van der Waals surface area (Å²) in [5, 5.41) is 0. The van der Waals surface area contributed by atoms with Crippen LogP contribution in [-0.2, 0) is 0 Å². The average molecular weight is 315 g/mol. The number of ketones is 1. The van der Waals surface area contributed by atoms with Crippen LogP contribution in [0.2, 0.25) is 0 Å². The van der Waals surface area contributed by atoms with Gasteiger partial charge in [-0.3, -0.25) is 4.79 Å². The molecule has 1 rings (SSSR count). The van der Waals surface area contributed by atoms with Crippen LogP contribution in [0.1, 0.15) is 43.0 Å². The van der Waals surface area contributed by atoms with E-state index in [-0.39, 0.29) is 5.78 Å². The van der Waals surface area contributed by atoms with Crippen molar-refractivity contribution in [2.45, 2.75) is 32.6 Å². The first-order valence-electron chi connectivity index (χ1n) is 6.08. The molecule has 0 spiro atoms. The monoisotopic (exact) mass is 314 g/mol. The van der Waals surface area contributed by atoms with Crippen LogP contribution >= 0.6 is 15.9 Å². The smallest absolute Gasteiger partial charge is 0.164 e. The normalized spacial score (nSPS) is 10.2. The molecule has 0 saturated heterocycles. The molecule has 0 heterocycles. The molecule has 0 aliphatic rings. The Morgan fingerprint density at radius 1 is 1.17 bits per heavy atom. The van der Waals surface area contributed by atoms with Crippen LogP contribution in [0.4, 0.5) is 0 Å². The van der Waals surface area contributed by atoms with Crippen molar-refractivity contribution in [2.75, 3.05) is 14.2 Å². The summed E-state index contributed by atoms with van der Waals surface area (Å²) in [7, 11) is 3.14. The number of rotatable bonds is 7. The van der Waals surface area contributed by atoms with Crippen molar-refractivity contribution >= 4 is 21.7 Å². The standard InChI is InChI=1S/C14H19BrO3/c1-4-5-6-7-12(16)10-8-13(17-2)14(18-3)9-11(10)15/h8-9H,4-7H2,1-3H3. The summed E-state index contributed by atoms with van der Waals surface area (Å²) in [6.45, 7) is 2.12. The Balaban J connectivity index is 2.91. The fourth-order valence-corrected chi connectivity index (χ4v) is 2.28. The molecule has 100 valence electrons. The predicted octanol–water partition coefficient (Wildman–Crippen LogP) is 4.23. The van der Waals surface area contributed by atoms with E-state index in [1.54, 1.807) is 26.4 Å². The Kier molecular flexibility index (Phi) is 6.19. The van der Waals surface area contributed by atoms with Crippen molar-refractivity contribution in [1.82, 2.24) is 0 Å². The number of Topliss-reactive ketones (excluding diaryl/α,β-unsaturated/α-hetero) is 1. The lowest BCUT2D eigenvalue weighted by Crippen LogP contribution is -2.02. The van der Waals surface area contributed by atoms with Gasteiger partial charge >= 0.3 is 0 Å². The molecule has 3 nitrogen and oxygen atoms in total.